The van der Waals surface area contributed by atoms with Crippen molar-refractivity contribution in [2.24, 2.45) is 5.92 Å². The summed E-state index contributed by atoms with van der Waals surface area (Å²) in [5.41, 5.74) is 5.73. The number of imidazole rings is 1. The molecule has 0 aliphatic heterocycles. The highest BCUT2D eigenvalue weighted by atomic mass is 35.5. The number of aromatic nitrogens is 3. The van der Waals surface area contributed by atoms with Gasteiger partial charge >= 0.3 is 0 Å². The van der Waals surface area contributed by atoms with Gasteiger partial charge in [-0.25, -0.2) is 9.97 Å². The van der Waals surface area contributed by atoms with Crippen LogP contribution in [-0.2, 0) is 0 Å². The lowest BCUT2D eigenvalue weighted by atomic mass is 9.85. The van der Waals surface area contributed by atoms with E-state index >= 15 is 0 Å². The molecule has 0 amide bonds. The minimum absolute atomic E-state index is 0.423. The van der Waals surface area contributed by atoms with Crippen LogP contribution in [0.2, 0.25) is 5.02 Å². The first kappa shape index (κ1) is 21.6. The first-order valence-electron chi connectivity index (χ1n) is 11.6. The smallest absolute Gasteiger partial charge is 0.201 e. The van der Waals surface area contributed by atoms with Crippen molar-refractivity contribution >= 4 is 28.6 Å². The van der Waals surface area contributed by atoms with Crippen molar-refractivity contribution in [2.45, 2.75) is 45.1 Å². The standard InChI is InChI=1S/C28H27ClN4/c1-19(21-5-3-2-4-6-21)31-28-32-26-16-8-20(17-27(26)33-28)7-14-25-15-11-23(18-30-25)22-9-12-24(29)13-10-22/h8-13,15-19,21H,2-6H2,1H3,(H2,31,32,33)/t19-/m0/s1. The van der Waals surface area contributed by atoms with Crippen molar-refractivity contribution in [1.29, 1.82) is 0 Å². The first-order valence-corrected chi connectivity index (χ1v) is 12.0. The molecule has 4 nitrogen and oxygen atoms in total. The zero-order valence-corrected chi connectivity index (χ0v) is 19.5. The van der Waals surface area contributed by atoms with Gasteiger partial charge < -0.3 is 10.3 Å². The highest BCUT2D eigenvalue weighted by Gasteiger charge is 2.20. The van der Waals surface area contributed by atoms with E-state index in [0.717, 1.165) is 50.3 Å². The van der Waals surface area contributed by atoms with Gasteiger partial charge in [-0.05, 0) is 73.6 Å². The minimum atomic E-state index is 0.423. The molecule has 33 heavy (non-hydrogen) atoms. The number of fused-ring (bicyclic) bond motifs is 1. The molecule has 0 spiro atoms. The van der Waals surface area contributed by atoms with Gasteiger partial charge in [0.05, 0.1) is 11.0 Å². The van der Waals surface area contributed by atoms with E-state index < -0.39 is 0 Å². The van der Waals surface area contributed by atoms with Gasteiger partial charge in [-0.3, -0.25) is 0 Å². The summed E-state index contributed by atoms with van der Waals surface area (Å²) < 4.78 is 0. The Hall–Kier alpha value is -3.29. The number of H-pyrrole nitrogens is 1. The fourth-order valence-corrected chi connectivity index (χ4v) is 4.67. The van der Waals surface area contributed by atoms with E-state index in [2.05, 4.69) is 34.0 Å². The topological polar surface area (TPSA) is 53.6 Å². The molecule has 166 valence electrons. The number of hydrogen-bond acceptors (Lipinski definition) is 3. The van der Waals surface area contributed by atoms with E-state index in [1.807, 2.05) is 60.8 Å². The molecule has 2 aromatic carbocycles. The Balaban J connectivity index is 1.28. The zero-order valence-electron chi connectivity index (χ0n) is 18.7. The van der Waals surface area contributed by atoms with Crippen LogP contribution in [0.15, 0.2) is 60.8 Å². The number of nitrogens with zero attached hydrogens (tertiary/aromatic N) is 2. The van der Waals surface area contributed by atoms with Crippen LogP contribution in [0.1, 0.15) is 50.3 Å². The van der Waals surface area contributed by atoms with Crippen LogP contribution in [0.4, 0.5) is 5.95 Å². The molecule has 5 heteroatoms. The Morgan fingerprint density at radius 2 is 1.76 bits per heavy atom. The minimum Gasteiger partial charge on any atom is -0.353 e. The molecule has 0 saturated heterocycles. The van der Waals surface area contributed by atoms with Gasteiger partial charge in [0.15, 0.2) is 0 Å². The third-order valence-corrected chi connectivity index (χ3v) is 6.73. The van der Waals surface area contributed by atoms with Gasteiger partial charge in [0.2, 0.25) is 5.95 Å². The van der Waals surface area contributed by atoms with Crippen LogP contribution < -0.4 is 5.32 Å². The highest BCUT2D eigenvalue weighted by molar-refractivity contribution is 6.30. The molecule has 1 saturated carbocycles. The number of aromatic amines is 1. The molecule has 2 N–H and O–H groups in total. The lowest BCUT2D eigenvalue weighted by Gasteiger charge is -2.28. The van der Waals surface area contributed by atoms with Gasteiger partial charge in [-0.1, -0.05) is 55.0 Å². The number of benzene rings is 2. The summed E-state index contributed by atoms with van der Waals surface area (Å²) in [6.45, 7) is 2.27. The molecule has 0 radical (unpaired) electrons. The van der Waals surface area contributed by atoms with Crippen molar-refractivity contribution < 1.29 is 0 Å². The van der Waals surface area contributed by atoms with Crippen molar-refractivity contribution in [3.05, 3.63) is 77.1 Å². The summed E-state index contributed by atoms with van der Waals surface area (Å²) in [4.78, 5) is 12.6. The number of rotatable bonds is 4. The van der Waals surface area contributed by atoms with Gasteiger partial charge in [-0.15, -0.1) is 0 Å². The summed E-state index contributed by atoms with van der Waals surface area (Å²) in [6.07, 6.45) is 8.53. The van der Waals surface area contributed by atoms with Crippen LogP contribution in [-0.4, -0.2) is 21.0 Å². The second kappa shape index (κ2) is 9.68. The molecular weight excluding hydrogens is 428 g/mol. The third kappa shape index (κ3) is 5.21. The zero-order chi connectivity index (χ0) is 22.6. The molecule has 1 aliphatic carbocycles. The van der Waals surface area contributed by atoms with Crippen molar-refractivity contribution in [1.82, 2.24) is 15.0 Å². The van der Waals surface area contributed by atoms with E-state index in [9.17, 15) is 0 Å². The second-order valence-corrected chi connectivity index (χ2v) is 9.27. The number of pyridine rings is 1. The number of hydrogen-bond donors (Lipinski definition) is 2. The predicted octanol–water partition coefficient (Wildman–Crippen LogP) is 7.06. The Bertz CT molecular complexity index is 1290. The molecule has 0 bridgehead atoms. The molecule has 2 heterocycles. The maximum atomic E-state index is 5.97. The Labute approximate surface area is 199 Å². The number of anilines is 1. The van der Waals surface area contributed by atoms with Crippen molar-refractivity contribution in [3.8, 4) is 23.0 Å². The Morgan fingerprint density at radius 3 is 2.52 bits per heavy atom. The lowest BCUT2D eigenvalue weighted by Crippen LogP contribution is -2.28. The number of halogens is 1. The maximum Gasteiger partial charge on any atom is 0.201 e. The van der Waals surface area contributed by atoms with Gasteiger partial charge in [0.1, 0.15) is 5.69 Å². The average Bonchev–Trinajstić information content (AvgIpc) is 3.25. The van der Waals surface area contributed by atoms with Crippen molar-refractivity contribution in [3.63, 3.8) is 0 Å². The van der Waals surface area contributed by atoms with Crippen LogP contribution in [0, 0.1) is 17.8 Å². The van der Waals surface area contributed by atoms with Crippen LogP contribution in [0.3, 0.4) is 0 Å². The van der Waals surface area contributed by atoms with E-state index in [1.54, 1.807) is 0 Å². The Kier molecular flexibility index (Phi) is 6.32. The van der Waals surface area contributed by atoms with E-state index in [4.69, 9.17) is 16.6 Å². The van der Waals surface area contributed by atoms with Crippen LogP contribution in [0.25, 0.3) is 22.2 Å². The van der Waals surface area contributed by atoms with E-state index in [1.165, 1.54) is 32.1 Å². The molecule has 1 aliphatic rings. The molecule has 0 unspecified atom stereocenters. The largest absolute Gasteiger partial charge is 0.353 e. The predicted molar refractivity (Wildman–Crippen MR) is 136 cm³/mol. The van der Waals surface area contributed by atoms with Crippen LogP contribution >= 0.6 is 11.6 Å². The normalized spacial score (nSPS) is 15.1. The monoisotopic (exact) mass is 454 g/mol. The molecule has 1 fully saturated rings. The number of nitrogens with one attached hydrogen (secondary N) is 2. The summed E-state index contributed by atoms with van der Waals surface area (Å²) >= 11 is 5.97. The molecule has 4 aromatic rings. The molecule has 1 atom stereocenters. The van der Waals surface area contributed by atoms with E-state index in [-0.39, 0.29) is 0 Å². The summed E-state index contributed by atoms with van der Waals surface area (Å²) in [5, 5.41) is 4.31. The second-order valence-electron chi connectivity index (χ2n) is 8.84. The Morgan fingerprint density at radius 1 is 0.970 bits per heavy atom. The lowest BCUT2D eigenvalue weighted by molar-refractivity contribution is 0.328. The average molecular weight is 455 g/mol. The fourth-order valence-electron chi connectivity index (χ4n) is 4.54. The molecule has 2 aromatic heterocycles. The van der Waals surface area contributed by atoms with Crippen LogP contribution in [0.5, 0.6) is 0 Å². The van der Waals surface area contributed by atoms with E-state index in [0.29, 0.717) is 6.04 Å². The van der Waals surface area contributed by atoms with Gasteiger partial charge in [-0.2, -0.15) is 0 Å². The molecule has 5 rings (SSSR count). The SMILES string of the molecule is C[C@H](Nc1nc2ccc(C#Cc3ccc(-c4ccc(Cl)cc4)cn3)cc2[nH]1)C1CCCCC1. The maximum absolute atomic E-state index is 5.97. The first-order chi connectivity index (χ1) is 16.1. The van der Waals surface area contributed by atoms with Gasteiger partial charge in [0, 0.05) is 28.4 Å². The highest BCUT2D eigenvalue weighted by Crippen LogP contribution is 2.28. The fraction of sp³-hybridized carbons (Fsp3) is 0.286. The summed E-state index contributed by atoms with van der Waals surface area (Å²) in [5.74, 6) is 7.96. The third-order valence-electron chi connectivity index (χ3n) is 6.48. The summed E-state index contributed by atoms with van der Waals surface area (Å²) in [7, 11) is 0. The quantitative estimate of drug-likeness (QED) is 0.324. The summed E-state index contributed by atoms with van der Waals surface area (Å²) in [6, 6.07) is 18.2. The van der Waals surface area contributed by atoms with Gasteiger partial charge in [0.25, 0.3) is 0 Å². The van der Waals surface area contributed by atoms with Crippen molar-refractivity contribution in [2.75, 3.05) is 5.32 Å². The molecular formula is C28H27ClN4.